The zero-order valence-electron chi connectivity index (χ0n) is 19.4. The molecule has 0 unspecified atom stereocenters. The van der Waals surface area contributed by atoms with Gasteiger partial charge in [0.15, 0.2) is 0 Å². The summed E-state index contributed by atoms with van der Waals surface area (Å²) >= 11 is 13.9. The lowest BCUT2D eigenvalue weighted by Gasteiger charge is -2.39. The van der Waals surface area contributed by atoms with Gasteiger partial charge < -0.3 is 15.0 Å². The van der Waals surface area contributed by atoms with Crippen molar-refractivity contribution in [3.05, 3.63) is 67.5 Å². The summed E-state index contributed by atoms with van der Waals surface area (Å²) in [6.07, 6.45) is 0. The van der Waals surface area contributed by atoms with Crippen molar-refractivity contribution in [3.8, 4) is 0 Å². The van der Waals surface area contributed by atoms with Crippen LogP contribution in [0.2, 0.25) is 10.0 Å². The number of piperazine rings is 1. The summed E-state index contributed by atoms with van der Waals surface area (Å²) in [6.45, 7) is 4.61. The van der Waals surface area contributed by atoms with E-state index in [-0.39, 0.29) is 18.5 Å². The number of hydrogen-bond donors (Lipinski definition) is 1. The molecule has 2 aliphatic heterocycles. The van der Waals surface area contributed by atoms with Crippen LogP contribution in [0.3, 0.4) is 0 Å². The summed E-state index contributed by atoms with van der Waals surface area (Å²) in [6, 6.07) is 7.51. The van der Waals surface area contributed by atoms with Gasteiger partial charge in [0, 0.05) is 55.5 Å². The first-order valence-electron chi connectivity index (χ1n) is 11.2. The number of amides is 3. The maximum absolute atomic E-state index is 13.1. The fourth-order valence-electron chi connectivity index (χ4n) is 4.24. The van der Waals surface area contributed by atoms with E-state index in [4.69, 9.17) is 27.9 Å². The van der Waals surface area contributed by atoms with Crippen LogP contribution < -0.4 is 5.32 Å². The van der Waals surface area contributed by atoms with E-state index < -0.39 is 12.0 Å². The molecule has 1 aromatic heterocycles. The van der Waals surface area contributed by atoms with E-state index in [9.17, 15) is 14.4 Å². The van der Waals surface area contributed by atoms with E-state index >= 15 is 0 Å². The predicted molar refractivity (Wildman–Crippen MR) is 136 cm³/mol. The Bertz CT molecular complexity index is 1150. The third-order valence-electron chi connectivity index (χ3n) is 6.11. The number of benzene rings is 1. The van der Waals surface area contributed by atoms with Gasteiger partial charge in [-0.2, -0.15) is 0 Å². The maximum atomic E-state index is 13.1. The normalized spacial score (nSPS) is 19.1. The molecule has 0 radical (unpaired) electrons. The molecule has 11 heteroatoms. The van der Waals surface area contributed by atoms with Crippen LogP contribution in [-0.2, 0) is 9.53 Å². The van der Waals surface area contributed by atoms with Crippen LogP contribution in [0, 0.1) is 0 Å². The Morgan fingerprint density at radius 2 is 1.91 bits per heavy atom. The Balaban J connectivity index is 1.61. The second kappa shape index (κ2) is 11.0. The molecule has 1 fully saturated rings. The Kier molecular flexibility index (Phi) is 8.01. The van der Waals surface area contributed by atoms with Gasteiger partial charge >= 0.3 is 12.0 Å². The first-order valence-corrected chi connectivity index (χ1v) is 12.9. The van der Waals surface area contributed by atoms with Gasteiger partial charge in [-0.05, 0) is 36.1 Å². The number of likely N-dealkylation sites (N-methyl/N-ethyl adjacent to an activating group) is 1. The minimum atomic E-state index is -0.779. The number of thiophene rings is 1. The van der Waals surface area contributed by atoms with Crippen molar-refractivity contribution in [1.29, 1.82) is 0 Å². The smallest absolute Gasteiger partial charge is 0.338 e. The van der Waals surface area contributed by atoms with Gasteiger partial charge in [0.25, 0.3) is 5.91 Å². The van der Waals surface area contributed by atoms with Crippen molar-refractivity contribution >= 4 is 52.4 Å². The van der Waals surface area contributed by atoms with Crippen LogP contribution in [0.1, 0.15) is 28.2 Å². The largest absolute Gasteiger partial charge is 0.463 e. The summed E-state index contributed by atoms with van der Waals surface area (Å²) in [4.78, 5) is 44.8. The summed E-state index contributed by atoms with van der Waals surface area (Å²) in [5, 5.41) is 5.55. The minimum absolute atomic E-state index is 0.0256. The summed E-state index contributed by atoms with van der Waals surface area (Å²) in [5.74, 6) is -0.491. The van der Waals surface area contributed by atoms with Gasteiger partial charge in [0.1, 0.15) is 0 Å². The number of halogens is 2. The van der Waals surface area contributed by atoms with Crippen LogP contribution >= 0.6 is 34.5 Å². The van der Waals surface area contributed by atoms with Gasteiger partial charge in [-0.25, -0.2) is 9.59 Å². The third-order valence-corrected chi connectivity index (χ3v) is 7.53. The monoisotopic (exact) mass is 536 g/mol. The van der Waals surface area contributed by atoms with Crippen molar-refractivity contribution in [1.82, 2.24) is 20.0 Å². The summed E-state index contributed by atoms with van der Waals surface area (Å²) in [5.41, 5.74) is 1.43. The number of carbonyl (C=O) groups excluding carboxylic acids is 3. The second-order valence-corrected chi connectivity index (χ2v) is 10.0. The van der Waals surface area contributed by atoms with Gasteiger partial charge in [-0.15, -0.1) is 11.3 Å². The molecule has 3 heterocycles. The van der Waals surface area contributed by atoms with E-state index in [1.807, 2.05) is 22.4 Å². The molecule has 1 N–H and O–H groups in total. The molecular formula is C24H26Cl2N4O4S. The highest BCUT2D eigenvalue weighted by Crippen LogP contribution is 2.36. The number of nitrogens with one attached hydrogen (secondary N) is 1. The molecule has 0 spiro atoms. The highest BCUT2D eigenvalue weighted by atomic mass is 35.5. The molecule has 35 heavy (non-hydrogen) atoms. The number of carbonyl (C=O) groups is 3. The molecule has 0 saturated carbocycles. The fraction of sp³-hybridized carbons (Fsp3) is 0.375. The number of rotatable bonds is 6. The topological polar surface area (TPSA) is 82.2 Å². The van der Waals surface area contributed by atoms with Gasteiger partial charge in [-0.1, -0.05) is 35.3 Å². The molecule has 0 aliphatic carbocycles. The molecule has 2 aliphatic rings. The molecule has 3 amide bonds. The average molecular weight is 537 g/mol. The zero-order valence-corrected chi connectivity index (χ0v) is 21.8. The SMILES string of the molecule is CCOC(=O)C1=C(CN2CCN(C(=O)c3cccs3)CC2)N(C)C(=O)N[C@H]1c1ccc(Cl)cc1Cl. The lowest BCUT2D eigenvalue weighted by molar-refractivity contribution is -0.139. The second-order valence-electron chi connectivity index (χ2n) is 8.23. The average Bonchev–Trinajstić information content (AvgIpc) is 3.37. The number of hydrogen-bond acceptors (Lipinski definition) is 6. The van der Waals surface area contributed by atoms with Gasteiger partial charge in [-0.3, -0.25) is 14.6 Å². The predicted octanol–water partition coefficient (Wildman–Crippen LogP) is 4.03. The molecule has 0 bridgehead atoms. The van der Waals surface area contributed by atoms with Crippen molar-refractivity contribution < 1.29 is 19.1 Å². The quantitative estimate of drug-likeness (QED) is 0.563. The number of nitrogens with zero attached hydrogens (tertiary/aromatic N) is 3. The first kappa shape index (κ1) is 25.5. The van der Waals surface area contributed by atoms with Gasteiger partial charge in [0.05, 0.1) is 23.1 Å². The Morgan fingerprint density at radius 1 is 1.17 bits per heavy atom. The molecule has 1 saturated heterocycles. The lowest BCUT2D eigenvalue weighted by Crippen LogP contribution is -2.53. The standard InChI is InChI=1S/C24H26Cl2N4O4S/c1-3-34-23(32)20-18(14-29-8-10-30(11-9-29)22(31)19-5-4-12-35-19)28(2)24(33)27-21(20)16-7-6-15(25)13-17(16)26/h4-7,12-13,21H,3,8-11,14H2,1-2H3,(H,27,33)/t21-/m0/s1. The Morgan fingerprint density at radius 3 is 2.54 bits per heavy atom. The van der Waals surface area contributed by atoms with Crippen molar-refractivity contribution in [2.45, 2.75) is 13.0 Å². The molecule has 2 aromatic rings. The highest BCUT2D eigenvalue weighted by molar-refractivity contribution is 7.12. The molecule has 8 nitrogen and oxygen atoms in total. The van der Waals surface area contributed by atoms with E-state index in [1.165, 1.54) is 16.2 Å². The lowest BCUT2D eigenvalue weighted by atomic mass is 9.94. The van der Waals surface area contributed by atoms with Crippen molar-refractivity contribution in [2.24, 2.45) is 0 Å². The third kappa shape index (κ3) is 5.48. The van der Waals surface area contributed by atoms with E-state index in [2.05, 4.69) is 10.2 Å². The van der Waals surface area contributed by atoms with Crippen molar-refractivity contribution in [3.63, 3.8) is 0 Å². The van der Waals surface area contributed by atoms with E-state index in [1.54, 1.807) is 32.2 Å². The Labute approximate surface area is 218 Å². The zero-order chi connectivity index (χ0) is 25.1. The van der Waals surface area contributed by atoms with Crippen LogP contribution in [0.4, 0.5) is 4.79 Å². The molecule has 1 atom stereocenters. The minimum Gasteiger partial charge on any atom is -0.463 e. The fourth-order valence-corrected chi connectivity index (χ4v) is 5.45. The maximum Gasteiger partial charge on any atom is 0.338 e. The number of ether oxygens (including phenoxy) is 1. The molecule has 4 rings (SSSR count). The van der Waals surface area contributed by atoms with Crippen LogP contribution in [-0.4, -0.2) is 79.0 Å². The van der Waals surface area contributed by atoms with Crippen LogP contribution in [0.25, 0.3) is 0 Å². The van der Waals surface area contributed by atoms with E-state index in [0.717, 1.165) is 4.88 Å². The number of urea groups is 1. The van der Waals surface area contributed by atoms with Crippen molar-refractivity contribution in [2.75, 3.05) is 46.4 Å². The number of esters is 1. The Hall–Kier alpha value is -2.59. The summed E-state index contributed by atoms with van der Waals surface area (Å²) in [7, 11) is 1.63. The molecule has 1 aromatic carbocycles. The van der Waals surface area contributed by atoms with Gasteiger partial charge in [0.2, 0.25) is 0 Å². The summed E-state index contributed by atoms with van der Waals surface area (Å²) < 4.78 is 5.38. The van der Waals surface area contributed by atoms with E-state index in [0.29, 0.717) is 59.6 Å². The highest BCUT2D eigenvalue weighted by Gasteiger charge is 2.38. The first-order chi connectivity index (χ1) is 16.8. The van der Waals surface area contributed by atoms with Crippen LogP contribution in [0.5, 0.6) is 0 Å². The molecular weight excluding hydrogens is 511 g/mol. The van der Waals surface area contributed by atoms with Crippen LogP contribution in [0.15, 0.2) is 47.0 Å². The molecule has 186 valence electrons.